The summed E-state index contributed by atoms with van der Waals surface area (Å²) in [7, 11) is 0. The lowest BCUT2D eigenvalue weighted by atomic mass is 10.0. The molecule has 15 heteroatoms. The third-order valence-corrected chi connectivity index (χ3v) is 6.81. The summed E-state index contributed by atoms with van der Waals surface area (Å²) in [5, 5.41) is 22.4. The number of thioether (sulfide) groups is 1. The topological polar surface area (TPSA) is 182 Å². The number of nitro groups is 1. The normalized spacial score (nSPS) is 16.8. The van der Waals surface area contributed by atoms with Gasteiger partial charge in [0, 0.05) is 17.7 Å². The summed E-state index contributed by atoms with van der Waals surface area (Å²) in [6.07, 6.45) is -0.251. The molecule has 39 heavy (non-hydrogen) atoms. The maximum atomic E-state index is 13.0. The first kappa shape index (κ1) is 29.3. The summed E-state index contributed by atoms with van der Waals surface area (Å²) in [6, 6.07) is 10.3. The van der Waals surface area contributed by atoms with Gasteiger partial charge in [-0.15, -0.1) is 0 Å². The second kappa shape index (κ2) is 13.5. The molecule has 2 aromatic carbocycles. The van der Waals surface area contributed by atoms with Gasteiger partial charge in [0.1, 0.15) is 29.5 Å². The number of aliphatic hydroxyl groups is 1. The molecule has 0 aromatic heterocycles. The number of alkyl halides is 1. The van der Waals surface area contributed by atoms with Crippen LogP contribution in [0.15, 0.2) is 60.0 Å². The molecular weight excluding hydrogens is 602 g/mol. The second-order valence-corrected chi connectivity index (χ2v) is 9.31. The molecule has 0 radical (unpaired) electrons. The van der Waals surface area contributed by atoms with Crippen molar-refractivity contribution >= 4 is 63.3 Å². The number of ether oxygens (including phenoxy) is 2. The molecule has 0 aliphatic carbocycles. The molecule has 0 spiro atoms. The van der Waals surface area contributed by atoms with Crippen LogP contribution in [0, 0.1) is 10.1 Å². The van der Waals surface area contributed by atoms with Crippen LogP contribution in [-0.2, 0) is 41.7 Å². The van der Waals surface area contributed by atoms with E-state index in [0.717, 1.165) is 4.90 Å². The highest BCUT2D eigenvalue weighted by molar-refractivity contribution is 9.09. The molecule has 2 amide bonds. The Morgan fingerprint density at radius 1 is 1.18 bits per heavy atom. The quantitative estimate of drug-likeness (QED) is 0.0488. The van der Waals surface area contributed by atoms with E-state index in [1.54, 1.807) is 18.2 Å². The highest BCUT2D eigenvalue weighted by Gasteiger charge is 2.53. The average molecular weight is 622 g/mol. The van der Waals surface area contributed by atoms with Gasteiger partial charge in [0.05, 0.1) is 16.7 Å². The number of nitrogens with one attached hydrogen (secondary N) is 1. The Bertz CT molecular complexity index is 1320. The summed E-state index contributed by atoms with van der Waals surface area (Å²) in [6.45, 7) is -0.113. The molecular formula is C24H20BrN3O10S. The van der Waals surface area contributed by atoms with Crippen molar-refractivity contribution in [1.82, 2.24) is 10.2 Å². The minimum Gasteiger partial charge on any atom is -0.509 e. The predicted octanol–water partition coefficient (Wildman–Crippen LogP) is 2.16. The van der Waals surface area contributed by atoms with Gasteiger partial charge in [0.25, 0.3) is 18.1 Å². The van der Waals surface area contributed by atoms with Crippen molar-refractivity contribution in [3.8, 4) is 5.75 Å². The third-order valence-electron chi connectivity index (χ3n) is 5.40. The number of β-lactam (4-membered cyclic amide) rings is 1. The molecule has 3 rings (SSSR count). The highest BCUT2D eigenvalue weighted by Crippen LogP contribution is 2.34. The summed E-state index contributed by atoms with van der Waals surface area (Å²) in [5.74, 6) is -2.90. The van der Waals surface area contributed by atoms with Crippen LogP contribution in [-0.4, -0.2) is 61.5 Å². The van der Waals surface area contributed by atoms with Crippen molar-refractivity contribution in [1.29, 1.82) is 0 Å². The Kier molecular flexibility index (Phi) is 10.2. The van der Waals surface area contributed by atoms with Crippen LogP contribution in [0.5, 0.6) is 5.75 Å². The summed E-state index contributed by atoms with van der Waals surface area (Å²) in [5.41, 5.74) is 0.507. The maximum Gasteiger partial charge on any atom is 0.358 e. The van der Waals surface area contributed by atoms with Crippen LogP contribution in [0.4, 0.5) is 5.69 Å². The fourth-order valence-electron chi connectivity index (χ4n) is 3.59. The number of para-hydroxylation sites is 1. The molecule has 13 nitrogen and oxygen atoms in total. The standard InChI is InChI=1S/C24H20BrN3O10S/c25-10-17(31)21(24(34)37-11-14-5-7-16(8-6-14)28(35)36)27-22(33)20(23(27)39-13-30)26-19(32)9-15-3-1-2-4-18(15)38-12-29/h1-8,12-13,20,23,31H,9-11H2,(H,26,32)/b21-17+. The Morgan fingerprint density at radius 2 is 1.87 bits per heavy atom. The van der Waals surface area contributed by atoms with E-state index in [2.05, 4.69) is 21.2 Å². The molecule has 0 saturated carbocycles. The van der Waals surface area contributed by atoms with E-state index in [1.807, 2.05) is 0 Å². The zero-order valence-electron chi connectivity index (χ0n) is 19.9. The third kappa shape index (κ3) is 7.00. The number of nitro benzene ring substituents is 1. The maximum absolute atomic E-state index is 13.0. The number of nitrogens with zero attached hydrogens (tertiary/aromatic N) is 2. The number of carbonyl (C=O) groups is 5. The number of hydrogen-bond acceptors (Lipinski definition) is 11. The second-order valence-electron chi connectivity index (χ2n) is 7.80. The van der Waals surface area contributed by atoms with Gasteiger partial charge in [-0.25, -0.2) is 4.79 Å². The van der Waals surface area contributed by atoms with Crippen molar-refractivity contribution in [2.75, 3.05) is 5.33 Å². The lowest BCUT2D eigenvalue weighted by Crippen LogP contribution is -2.69. The van der Waals surface area contributed by atoms with E-state index < -0.39 is 45.6 Å². The molecule has 1 aliphatic heterocycles. The zero-order chi connectivity index (χ0) is 28.5. The number of aliphatic hydroxyl groups excluding tert-OH is 1. The van der Waals surface area contributed by atoms with Gasteiger partial charge in [-0.05, 0) is 23.8 Å². The van der Waals surface area contributed by atoms with Crippen LogP contribution in [0.25, 0.3) is 0 Å². The van der Waals surface area contributed by atoms with E-state index in [0.29, 0.717) is 28.5 Å². The number of hydrogen-bond donors (Lipinski definition) is 2. The van der Waals surface area contributed by atoms with Crippen LogP contribution >= 0.6 is 27.7 Å². The van der Waals surface area contributed by atoms with Gasteiger partial charge >= 0.3 is 5.97 Å². The highest BCUT2D eigenvalue weighted by atomic mass is 79.9. The van der Waals surface area contributed by atoms with Crippen molar-refractivity contribution < 1.29 is 43.5 Å². The van der Waals surface area contributed by atoms with Crippen molar-refractivity contribution in [2.24, 2.45) is 0 Å². The van der Waals surface area contributed by atoms with Gasteiger partial charge < -0.3 is 19.9 Å². The van der Waals surface area contributed by atoms with Crippen LogP contribution in [0.2, 0.25) is 0 Å². The van der Waals surface area contributed by atoms with Gasteiger partial charge in [-0.1, -0.05) is 45.9 Å². The van der Waals surface area contributed by atoms with E-state index in [1.165, 1.54) is 30.3 Å². The Labute approximate surface area is 233 Å². The lowest BCUT2D eigenvalue weighted by molar-refractivity contribution is -0.384. The number of likely N-dealkylation sites (tertiary alicyclic amines) is 1. The molecule has 2 atom stereocenters. The first-order valence-electron chi connectivity index (χ1n) is 11.0. The van der Waals surface area contributed by atoms with E-state index in [9.17, 15) is 39.2 Å². The van der Waals surface area contributed by atoms with Gasteiger partial charge in [0.15, 0.2) is 11.3 Å². The molecule has 204 valence electrons. The minimum atomic E-state index is -1.22. The number of carbonyl (C=O) groups excluding carboxylic acids is 5. The Balaban J connectivity index is 1.73. The van der Waals surface area contributed by atoms with Gasteiger partial charge in [0.2, 0.25) is 5.91 Å². The van der Waals surface area contributed by atoms with Crippen molar-refractivity contribution in [2.45, 2.75) is 24.4 Å². The zero-order valence-corrected chi connectivity index (χ0v) is 22.3. The molecule has 1 fully saturated rings. The molecule has 0 bridgehead atoms. The molecule has 1 saturated heterocycles. The van der Waals surface area contributed by atoms with Crippen molar-refractivity contribution in [3.05, 3.63) is 81.2 Å². The first-order valence-corrected chi connectivity index (χ1v) is 13.1. The molecule has 1 heterocycles. The summed E-state index contributed by atoms with van der Waals surface area (Å²) < 4.78 is 10.1. The molecule has 2 N–H and O–H groups in total. The smallest absolute Gasteiger partial charge is 0.358 e. The van der Waals surface area contributed by atoms with Crippen molar-refractivity contribution in [3.63, 3.8) is 0 Å². The van der Waals surface area contributed by atoms with Gasteiger partial charge in [-0.3, -0.25) is 34.2 Å². The first-order chi connectivity index (χ1) is 18.7. The molecule has 2 unspecified atom stereocenters. The number of halogens is 1. The Hall–Kier alpha value is -4.24. The molecule has 1 aliphatic rings. The number of benzene rings is 2. The SMILES string of the molecule is O=COc1ccccc1CC(=O)NC1C(=O)N(/C(C(=O)OCc2ccc([N+](=O)[O-])cc2)=C(/O)CBr)C1SC=O. The largest absolute Gasteiger partial charge is 0.509 e. The van der Waals surface area contributed by atoms with Crippen LogP contribution < -0.4 is 10.1 Å². The monoisotopic (exact) mass is 621 g/mol. The number of rotatable bonds is 13. The molecule has 2 aromatic rings. The number of amides is 2. The van der Waals surface area contributed by atoms with E-state index in [-0.39, 0.29) is 36.3 Å². The summed E-state index contributed by atoms with van der Waals surface area (Å²) >= 11 is 3.61. The fraction of sp³-hybridized carbons (Fsp3) is 0.208. The Morgan fingerprint density at radius 3 is 2.49 bits per heavy atom. The predicted molar refractivity (Wildman–Crippen MR) is 140 cm³/mol. The van der Waals surface area contributed by atoms with Gasteiger partial charge in [-0.2, -0.15) is 0 Å². The van der Waals surface area contributed by atoms with Crippen LogP contribution in [0.1, 0.15) is 11.1 Å². The fourth-order valence-corrected chi connectivity index (χ4v) is 4.65. The van der Waals surface area contributed by atoms with E-state index >= 15 is 0 Å². The summed E-state index contributed by atoms with van der Waals surface area (Å²) in [4.78, 5) is 71.7. The lowest BCUT2D eigenvalue weighted by Gasteiger charge is -2.45. The average Bonchev–Trinajstić information content (AvgIpc) is 2.93. The number of allylic oxidation sites excluding steroid dienone is 1. The van der Waals surface area contributed by atoms with E-state index in [4.69, 9.17) is 9.47 Å². The number of esters is 1. The van der Waals surface area contributed by atoms with Crippen LogP contribution in [0.3, 0.4) is 0 Å². The number of non-ortho nitro benzene ring substituents is 1. The minimum absolute atomic E-state index is 0.157.